The minimum absolute atomic E-state index is 0.101. The minimum atomic E-state index is -4.78. The van der Waals surface area contributed by atoms with E-state index in [0.717, 1.165) is 18.9 Å². The van der Waals surface area contributed by atoms with Gasteiger partial charge in [0.1, 0.15) is 16.3 Å². The number of hydrogen-bond donors (Lipinski definition) is 0. The Kier molecular flexibility index (Phi) is 5.11. The average Bonchev–Trinajstić information content (AvgIpc) is 2.92. The summed E-state index contributed by atoms with van der Waals surface area (Å²) in [6, 6.07) is 4.69. The van der Waals surface area contributed by atoms with Crippen LogP contribution in [0, 0.1) is 0 Å². The van der Waals surface area contributed by atoms with Crippen LogP contribution in [0.5, 0.6) is 11.5 Å². The maximum atomic E-state index is 12.7. The molecule has 0 N–H and O–H groups in total. The summed E-state index contributed by atoms with van der Waals surface area (Å²) < 4.78 is 43.4. The van der Waals surface area contributed by atoms with Crippen LogP contribution in [0.4, 0.5) is 13.2 Å². The number of rotatable bonds is 1. The van der Waals surface area contributed by atoms with Gasteiger partial charge in [-0.15, -0.1) is 4.73 Å². The molecule has 2 aromatic heterocycles. The van der Waals surface area contributed by atoms with Crippen molar-refractivity contribution in [1.82, 2.24) is 14.7 Å². The number of imidazole rings is 1. The predicted molar refractivity (Wildman–Crippen MR) is 91.3 cm³/mol. The molecule has 142 valence electrons. The molecule has 0 fully saturated rings. The summed E-state index contributed by atoms with van der Waals surface area (Å²) in [5, 5.41) is 1.32. The van der Waals surface area contributed by atoms with Gasteiger partial charge in [0.05, 0.1) is 10.0 Å². The Hall–Kier alpha value is -2.23. The molecule has 0 saturated carbocycles. The van der Waals surface area contributed by atoms with Gasteiger partial charge in [-0.3, -0.25) is 0 Å². The first-order valence-electron chi connectivity index (χ1n) is 7.04. The lowest BCUT2D eigenvalue weighted by Gasteiger charge is -2.20. The summed E-state index contributed by atoms with van der Waals surface area (Å²) in [6.45, 7) is 0.976. The number of carbonyl (C=O) groups excluding carboxylic acids is 1. The van der Waals surface area contributed by atoms with Crippen LogP contribution >= 0.6 is 34.8 Å². The molecule has 5 rings (SSSR count). The molecule has 2 bridgehead atoms. The molecule has 3 aromatic rings. The third kappa shape index (κ3) is 3.90. The van der Waals surface area contributed by atoms with Crippen LogP contribution in [-0.4, -0.2) is 20.7 Å². The number of alkyl halides is 3. The third-order valence-corrected chi connectivity index (χ3v) is 4.00. The van der Waals surface area contributed by atoms with Crippen molar-refractivity contribution in [2.24, 2.45) is 0 Å². The van der Waals surface area contributed by atoms with Crippen LogP contribution < -0.4 is 9.57 Å². The van der Waals surface area contributed by atoms with E-state index in [4.69, 9.17) is 39.5 Å². The largest absolute Gasteiger partial charge is 0.453 e. The van der Waals surface area contributed by atoms with Crippen molar-refractivity contribution in [1.29, 1.82) is 0 Å². The van der Waals surface area contributed by atoms with Crippen molar-refractivity contribution < 1.29 is 27.5 Å². The van der Waals surface area contributed by atoms with E-state index in [1.54, 1.807) is 12.1 Å². The number of carbonyl (C=O) groups is 1. The number of ether oxygens (including phenoxy) is 1. The zero-order chi connectivity index (χ0) is 19.9. The molecule has 0 aliphatic carbocycles. The van der Waals surface area contributed by atoms with Gasteiger partial charge < -0.3 is 9.57 Å². The Balaban J connectivity index is 0.000000193. The fourth-order valence-corrected chi connectivity index (χ4v) is 2.71. The monoisotopic (exact) mass is 439 g/mol. The van der Waals surface area contributed by atoms with E-state index in [0.29, 0.717) is 15.8 Å². The molecule has 4 heterocycles. The highest BCUT2D eigenvalue weighted by Crippen LogP contribution is 2.50. The number of nitrogens with zero attached hydrogens (tertiary/aromatic N) is 3. The lowest BCUT2D eigenvalue weighted by Crippen LogP contribution is -2.23. The normalized spacial score (nSPS) is 12.0. The second-order valence-electron chi connectivity index (χ2n) is 5.10. The van der Waals surface area contributed by atoms with E-state index in [9.17, 15) is 18.0 Å². The first kappa shape index (κ1) is 19.5. The molecule has 0 unspecified atom stereocenters. The fraction of sp³-hybridized carbons (Fsp3) is 0.133. The van der Waals surface area contributed by atoms with Gasteiger partial charge in [0.15, 0.2) is 11.4 Å². The molecule has 0 saturated heterocycles. The topological polar surface area (TPSA) is 66.2 Å². The lowest BCUT2D eigenvalue weighted by atomic mass is 10.2. The summed E-state index contributed by atoms with van der Waals surface area (Å²) in [5.41, 5.74) is -0.349. The van der Waals surface area contributed by atoms with Crippen LogP contribution in [0.15, 0.2) is 24.4 Å². The first-order chi connectivity index (χ1) is 12.6. The Morgan fingerprint density at radius 1 is 1.26 bits per heavy atom. The average molecular weight is 441 g/mol. The van der Waals surface area contributed by atoms with Crippen molar-refractivity contribution in [2.45, 2.75) is 13.1 Å². The maximum absolute atomic E-state index is 12.7. The highest BCUT2D eigenvalue weighted by molar-refractivity contribution is 6.39. The minimum Gasteiger partial charge on any atom is -0.452 e. The number of fused-ring (bicyclic) bond motifs is 3. The standard InChI is InChI=1S/C9H5ClF3N3O2.C6H2Cl2O/c1-4(17)18-16-6-2-5(10)3-14-7(6)15-8(16)9(11,12)13;7-3-1-2-4-5(8)6(3)9-4/h2-3H,1H3;1-2H. The van der Waals surface area contributed by atoms with Gasteiger partial charge in [-0.05, 0) is 18.2 Å². The van der Waals surface area contributed by atoms with Crippen molar-refractivity contribution >= 4 is 51.9 Å². The van der Waals surface area contributed by atoms with Gasteiger partial charge >= 0.3 is 12.1 Å². The van der Waals surface area contributed by atoms with Crippen molar-refractivity contribution in [3.8, 4) is 11.5 Å². The van der Waals surface area contributed by atoms with Crippen LogP contribution in [0.25, 0.3) is 11.2 Å². The van der Waals surface area contributed by atoms with E-state index >= 15 is 0 Å². The molecule has 2 aliphatic heterocycles. The third-order valence-electron chi connectivity index (χ3n) is 3.14. The Morgan fingerprint density at radius 2 is 1.96 bits per heavy atom. The molecular weight excluding hydrogens is 434 g/mol. The van der Waals surface area contributed by atoms with Crippen molar-refractivity contribution in [3.05, 3.63) is 45.3 Å². The molecule has 2 aliphatic rings. The van der Waals surface area contributed by atoms with Gasteiger partial charge in [0.25, 0.3) is 5.82 Å². The number of halogens is 6. The molecule has 0 amide bonds. The molecule has 27 heavy (non-hydrogen) atoms. The van der Waals surface area contributed by atoms with Crippen LogP contribution in [0.1, 0.15) is 12.7 Å². The van der Waals surface area contributed by atoms with E-state index in [1.165, 1.54) is 6.07 Å². The van der Waals surface area contributed by atoms with Crippen molar-refractivity contribution in [3.63, 3.8) is 0 Å². The number of benzene rings is 1. The SMILES string of the molecule is CC(=O)On1c(C(F)(F)F)nc2ncc(Cl)cc21.Clc1ccc2c(Cl)c1O2. The maximum Gasteiger partial charge on any atom is 0.453 e. The van der Waals surface area contributed by atoms with Gasteiger partial charge in [0, 0.05) is 13.1 Å². The highest BCUT2D eigenvalue weighted by Gasteiger charge is 2.39. The van der Waals surface area contributed by atoms with Gasteiger partial charge in [-0.25, -0.2) is 14.8 Å². The molecule has 6 nitrogen and oxygen atoms in total. The van der Waals surface area contributed by atoms with Crippen LogP contribution in [0.3, 0.4) is 0 Å². The van der Waals surface area contributed by atoms with Gasteiger partial charge in [-0.2, -0.15) is 13.2 Å². The van der Waals surface area contributed by atoms with Crippen molar-refractivity contribution in [2.75, 3.05) is 0 Å². The zero-order valence-electron chi connectivity index (χ0n) is 13.1. The Morgan fingerprint density at radius 3 is 2.44 bits per heavy atom. The molecule has 0 atom stereocenters. The second kappa shape index (κ2) is 7.06. The second-order valence-corrected chi connectivity index (χ2v) is 6.32. The summed E-state index contributed by atoms with van der Waals surface area (Å²) in [5.74, 6) is -0.964. The molecule has 0 radical (unpaired) electrons. The predicted octanol–water partition coefficient (Wildman–Crippen LogP) is 5.18. The molecule has 0 spiro atoms. The van der Waals surface area contributed by atoms with Gasteiger partial charge in [-0.1, -0.05) is 34.8 Å². The lowest BCUT2D eigenvalue weighted by molar-refractivity contribution is -0.161. The number of hydrogen-bond acceptors (Lipinski definition) is 5. The zero-order valence-corrected chi connectivity index (χ0v) is 15.4. The Labute approximate surface area is 164 Å². The first-order valence-corrected chi connectivity index (χ1v) is 8.17. The number of aromatic nitrogens is 3. The summed E-state index contributed by atoms with van der Waals surface area (Å²) in [6.07, 6.45) is -3.63. The highest BCUT2D eigenvalue weighted by atomic mass is 35.5. The van der Waals surface area contributed by atoms with E-state index < -0.39 is 18.0 Å². The van der Waals surface area contributed by atoms with E-state index in [2.05, 4.69) is 14.8 Å². The summed E-state index contributed by atoms with van der Waals surface area (Å²) in [7, 11) is 0. The van der Waals surface area contributed by atoms with Gasteiger partial charge in [0.2, 0.25) is 0 Å². The smallest absolute Gasteiger partial charge is 0.452 e. The van der Waals surface area contributed by atoms with Crippen LogP contribution in [0.2, 0.25) is 15.1 Å². The number of pyridine rings is 1. The quantitative estimate of drug-likeness (QED) is 0.408. The fourth-order valence-electron chi connectivity index (χ4n) is 2.07. The van der Waals surface area contributed by atoms with E-state index in [1.807, 2.05) is 0 Å². The van der Waals surface area contributed by atoms with Crippen LogP contribution in [-0.2, 0) is 11.0 Å². The summed E-state index contributed by atoms with van der Waals surface area (Å²) in [4.78, 5) is 22.2. The summed E-state index contributed by atoms with van der Waals surface area (Å²) >= 11 is 16.9. The Bertz CT molecular complexity index is 1050. The molecular formula is C15H7Cl3F3N3O3. The molecule has 1 aromatic carbocycles. The molecule has 12 heteroatoms. The van der Waals surface area contributed by atoms with E-state index in [-0.39, 0.29) is 20.9 Å².